The molecule has 6 nitrogen and oxygen atoms in total. The van der Waals surface area contributed by atoms with Gasteiger partial charge < -0.3 is 19.7 Å². The summed E-state index contributed by atoms with van der Waals surface area (Å²) in [6.45, 7) is 4.10. The largest absolute Gasteiger partial charge is 0.497 e. The number of nitrogens with one attached hydrogen (secondary N) is 1. The van der Waals surface area contributed by atoms with Gasteiger partial charge in [0.1, 0.15) is 17.5 Å². The third-order valence-electron chi connectivity index (χ3n) is 4.60. The first kappa shape index (κ1) is 22.6. The van der Waals surface area contributed by atoms with Crippen molar-refractivity contribution in [2.24, 2.45) is 5.92 Å². The highest BCUT2D eigenvalue weighted by atomic mass is 35.5. The molecule has 156 valence electrons. The lowest BCUT2D eigenvalue weighted by Crippen LogP contribution is -2.50. The smallest absolute Gasteiger partial charge is 0.251 e. The van der Waals surface area contributed by atoms with E-state index in [0.29, 0.717) is 28.6 Å². The first-order valence-electron chi connectivity index (χ1n) is 9.29. The normalized spacial score (nSPS) is 11.7. The zero-order valence-corrected chi connectivity index (χ0v) is 18.1. The summed E-state index contributed by atoms with van der Waals surface area (Å²) in [6, 6.07) is 11.3. The highest BCUT2D eigenvalue weighted by Gasteiger charge is 2.28. The van der Waals surface area contributed by atoms with Gasteiger partial charge in [0.15, 0.2) is 0 Å². The number of methoxy groups -OCH3 is 2. The van der Waals surface area contributed by atoms with Crippen LogP contribution in [0.15, 0.2) is 42.5 Å². The predicted molar refractivity (Wildman–Crippen MR) is 114 cm³/mol. The van der Waals surface area contributed by atoms with Crippen LogP contribution in [0.1, 0.15) is 29.8 Å². The first-order chi connectivity index (χ1) is 13.8. The van der Waals surface area contributed by atoms with Gasteiger partial charge in [-0.1, -0.05) is 25.4 Å². The molecule has 7 heteroatoms. The van der Waals surface area contributed by atoms with E-state index >= 15 is 0 Å². The number of hydrogen-bond acceptors (Lipinski definition) is 4. The van der Waals surface area contributed by atoms with Crippen molar-refractivity contribution in [1.29, 1.82) is 0 Å². The number of carbonyl (C=O) groups is 2. The molecule has 0 aromatic heterocycles. The van der Waals surface area contributed by atoms with E-state index in [-0.39, 0.29) is 17.7 Å². The SMILES string of the molecule is COc1ccc(C(=O)NC(C(=O)N(C)Cc2cc(Cl)ccc2OC)C(C)C)cc1. The number of rotatable bonds is 8. The zero-order valence-electron chi connectivity index (χ0n) is 17.4. The number of ether oxygens (including phenoxy) is 2. The lowest BCUT2D eigenvalue weighted by molar-refractivity contribution is -0.133. The van der Waals surface area contributed by atoms with Gasteiger partial charge in [0.05, 0.1) is 14.2 Å². The van der Waals surface area contributed by atoms with E-state index in [1.807, 2.05) is 13.8 Å². The van der Waals surface area contributed by atoms with Gasteiger partial charge >= 0.3 is 0 Å². The summed E-state index contributed by atoms with van der Waals surface area (Å²) in [4.78, 5) is 27.3. The van der Waals surface area contributed by atoms with Crippen molar-refractivity contribution in [3.05, 3.63) is 58.6 Å². The van der Waals surface area contributed by atoms with Crippen molar-refractivity contribution in [1.82, 2.24) is 10.2 Å². The highest BCUT2D eigenvalue weighted by Crippen LogP contribution is 2.24. The molecule has 29 heavy (non-hydrogen) atoms. The van der Waals surface area contributed by atoms with Gasteiger partial charge in [-0.2, -0.15) is 0 Å². The van der Waals surface area contributed by atoms with Crippen LogP contribution in [-0.2, 0) is 11.3 Å². The number of hydrogen-bond donors (Lipinski definition) is 1. The van der Waals surface area contributed by atoms with Gasteiger partial charge in [0.25, 0.3) is 5.91 Å². The number of likely N-dealkylation sites (N-methyl/N-ethyl adjacent to an activating group) is 1. The van der Waals surface area contributed by atoms with Gasteiger partial charge in [-0.3, -0.25) is 9.59 Å². The minimum absolute atomic E-state index is 0.0894. The Morgan fingerprint density at radius 1 is 1.07 bits per heavy atom. The molecule has 2 aromatic rings. The number of amides is 2. The van der Waals surface area contributed by atoms with Crippen LogP contribution < -0.4 is 14.8 Å². The molecule has 0 heterocycles. The number of benzene rings is 2. The van der Waals surface area contributed by atoms with Crippen LogP contribution in [0.5, 0.6) is 11.5 Å². The van der Waals surface area contributed by atoms with Crippen molar-refractivity contribution in [3.8, 4) is 11.5 Å². The summed E-state index contributed by atoms with van der Waals surface area (Å²) in [5, 5.41) is 3.41. The molecule has 0 aliphatic carbocycles. The third kappa shape index (κ3) is 5.87. The maximum absolute atomic E-state index is 13.1. The second kappa shape index (κ2) is 10.2. The van der Waals surface area contributed by atoms with Crippen molar-refractivity contribution in [2.45, 2.75) is 26.4 Å². The Morgan fingerprint density at radius 2 is 1.72 bits per heavy atom. The second-order valence-corrected chi connectivity index (χ2v) is 7.51. The van der Waals surface area contributed by atoms with Gasteiger partial charge in [-0.15, -0.1) is 0 Å². The highest BCUT2D eigenvalue weighted by molar-refractivity contribution is 6.30. The number of carbonyl (C=O) groups excluding carboxylic acids is 2. The topological polar surface area (TPSA) is 67.9 Å². The fourth-order valence-electron chi connectivity index (χ4n) is 2.92. The molecular weight excluding hydrogens is 392 g/mol. The summed E-state index contributed by atoms with van der Waals surface area (Å²) in [6.07, 6.45) is 0. The van der Waals surface area contributed by atoms with Crippen molar-refractivity contribution in [3.63, 3.8) is 0 Å². The molecule has 0 fully saturated rings. The summed E-state index contributed by atoms with van der Waals surface area (Å²) < 4.78 is 10.5. The minimum Gasteiger partial charge on any atom is -0.497 e. The van der Waals surface area contributed by atoms with Crippen LogP contribution in [0.2, 0.25) is 5.02 Å². The van der Waals surface area contributed by atoms with Crippen LogP contribution in [0.25, 0.3) is 0 Å². The molecule has 1 unspecified atom stereocenters. The summed E-state index contributed by atoms with van der Waals surface area (Å²) in [7, 11) is 4.82. The van der Waals surface area contributed by atoms with Crippen molar-refractivity contribution in [2.75, 3.05) is 21.3 Å². The Kier molecular flexibility index (Phi) is 7.91. The van der Waals surface area contributed by atoms with E-state index < -0.39 is 6.04 Å². The molecule has 0 saturated carbocycles. The summed E-state index contributed by atoms with van der Waals surface area (Å²) in [5.74, 6) is 0.719. The zero-order chi connectivity index (χ0) is 21.6. The number of nitrogens with zero attached hydrogens (tertiary/aromatic N) is 1. The molecule has 0 aliphatic heterocycles. The van der Waals surface area contributed by atoms with Gasteiger partial charge in [0.2, 0.25) is 5.91 Å². The van der Waals surface area contributed by atoms with E-state index in [2.05, 4.69) is 5.32 Å². The van der Waals surface area contributed by atoms with E-state index in [0.717, 1.165) is 5.56 Å². The molecular formula is C22H27ClN2O4. The fourth-order valence-corrected chi connectivity index (χ4v) is 3.12. The van der Waals surface area contributed by atoms with E-state index in [9.17, 15) is 9.59 Å². The lowest BCUT2D eigenvalue weighted by Gasteiger charge is -2.27. The molecule has 0 aliphatic rings. The van der Waals surface area contributed by atoms with Crippen LogP contribution in [-0.4, -0.2) is 44.0 Å². The maximum Gasteiger partial charge on any atom is 0.251 e. The average Bonchev–Trinajstić information content (AvgIpc) is 2.71. The van der Waals surface area contributed by atoms with Crippen molar-refractivity contribution < 1.29 is 19.1 Å². The standard InChI is InChI=1S/C22H27ClN2O4/c1-14(2)20(24-21(26)15-6-9-18(28-4)10-7-15)22(27)25(3)13-16-12-17(23)8-11-19(16)29-5/h6-12,14,20H,13H2,1-5H3,(H,24,26). The quantitative estimate of drug-likeness (QED) is 0.708. The Bertz CT molecular complexity index is 852. The number of halogens is 1. The molecule has 0 saturated heterocycles. The monoisotopic (exact) mass is 418 g/mol. The van der Waals surface area contributed by atoms with Crippen LogP contribution in [0.4, 0.5) is 0 Å². The van der Waals surface area contributed by atoms with Gasteiger partial charge in [-0.05, 0) is 48.4 Å². The molecule has 2 rings (SSSR count). The van der Waals surface area contributed by atoms with E-state index in [4.69, 9.17) is 21.1 Å². The van der Waals surface area contributed by atoms with Gasteiger partial charge in [-0.25, -0.2) is 0 Å². The Morgan fingerprint density at radius 3 is 2.28 bits per heavy atom. The Labute approximate surface area is 176 Å². The molecule has 0 spiro atoms. The van der Waals surface area contributed by atoms with Crippen LogP contribution in [0, 0.1) is 5.92 Å². The minimum atomic E-state index is -0.667. The van der Waals surface area contributed by atoms with Crippen molar-refractivity contribution >= 4 is 23.4 Å². The second-order valence-electron chi connectivity index (χ2n) is 7.07. The maximum atomic E-state index is 13.1. The molecule has 2 aromatic carbocycles. The molecule has 1 atom stereocenters. The predicted octanol–water partition coefficient (Wildman–Crippen LogP) is 3.77. The van der Waals surface area contributed by atoms with Gasteiger partial charge in [0, 0.05) is 29.7 Å². The molecule has 1 N–H and O–H groups in total. The fraction of sp³-hybridized carbons (Fsp3) is 0.364. The Balaban J connectivity index is 2.13. The molecule has 2 amide bonds. The lowest BCUT2D eigenvalue weighted by atomic mass is 10.0. The van der Waals surface area contributed by atoms with E-state index in [1.54, 1.807) is 68.6 Å². The van der Waals surface area contributed by atoms with Crippen LogP contribution in [0.3, 0.4) is 0 Å². The summed E-state index contributed by atoms with van der Waals surface area (Å²) >= 11 is 6.08. The van der Waals surface area contributed by atoms with Crippen LogP contribution >= 0.6 is 11.6 Å². The average molecular weight is 419 g/mol. The third-order valence-corrected chi connectivity index (χ3v) is 4.83. The first-order valence-corrected chi connectivity index (χ1v) is 9.67. The summed E-state index contributed by atoms with van der Waals surface area (Å²) in [5.41, 5.74) is 1.25. The molecule has 0 radical (unpaired) electrons. The van der Waals surface area contributed by atoms with E-state index in [1.165, 1.54) is 0 Å². The Hall–Kier alpha value is -2.73. The molecule has 0 bridgehead atoms.